The summed E-state index contributed by atoms with van der Waals surface area (Å²) < 4.78 is 32.3. The highest BCUT2D eigenvalue weighted by Crippen LogP contribution is 2.37. The van der Waals surface area contributed by atoms with Gasteiger partial charge in [-0.25, -0.2) is 17.7 Å². The zero-order valence-electron chi connectivity index (χ0n) is 20.2. The molecule has 0 aliphatic carbocycles. The van der Waals surface area contributed by atoms with Crippen LogP contribution in [0.2, 0.25) is 0 Å². The SMILES string of the molecule is COc1ccc(C)c2sc(N(CCCN(C)C)C(=O)c3ccc(S(=O)(=O)N(C)C)cc3)nc12.[Cl-]. The third-order valence-electron chi connectivity index (χ3n) is 5.25. The molecule has 0 N–H and O–H groups in total. The molecule has 0 aliphatic heterocycles. The Labute approximate surface area is 211 Å². The summed E-state index contributed by atoms with van der Waals surface area (Å²) in [6.07, 6.45) is 0.762. The van der Waals surface area contributed by atoms with Crippen molar-refractivity contribution in [3.63, 3.8) is 0 Å². The number of rotatable bonds is 9. The lowest BCUT2D eigenvalue weighted by atomic mass is 10.2. The molecule has 0 saturated heterocycles. The molecule has 0 spiro atoms. The molecule has 3 aromatic rings. The van der Waals surface area contributed by atoms with Crippen molar-refractivity contribution < 1.29 is 30.4 Å². The van der Waals surface area contributed by atoms with Gasteiger partial charge in [0.2, 0.25) is 10.0 Å². The molecule has 3 rings (SSSR count). The summed E-state index contributed by atoms with van der Waals surface area (Å²) in [4.78, 5) is 22.1. The van der Waals surface area contributed by atoms with Gasteiger partial charge >= 0.3 is 0 Å². The molecule has 0 radical (unpaired) electrons. The lowest BCUT2D eigenvalue weighted by Gasteiger charge is -2.21. The number of aryl methyl sites for hydroxylation is 1. The van der Waals surface area contributed by atoms with Crippen molar-refractivity contribution in [3.8, 4) is 5.75 Å². The van der Waals surface area contributed by atoms with E-state index in [-0.39, 0.29) is 23.2 Å². The van der Waals surface area contributed by atoms with Crippen molar-refractivity contribution in [1.82, 2.24) is 14.2 Å². The maximum absolute atomic E-state index is 13.5. The van der Waals surface area contributed by atoms with Crippen LogP contribution >= 0.6 is 11.3 Å². The molecule has 186 valence electrons. The van der Waals surface area contributed by atoms with Gasteiger partial charge in [-0.2, -0.15) is 0 Å². The summed E-state index contributed by atoms with van der Waals surface area (Å²) in [5.74, 6) is 0.440. The molecule has 0 bridgehead atoms. The fourth-order valence-electron chi connectivity index (χ4n) is 3.34. The second-order valence-corrected chi connectivity index (χ2v) is 11.3. The van der Waals surface area contributed by atoms with Gasteiger partial charge in [0.1, 0.15) is 11.3 Å². The van der Waals surface area contributed by atoms with Gasteiger partial charge in [-0.3, -0.25) is 9.69 Å². The average Bonchev–Trinajstić information content (AvgIpc) is 3.22. The minimum absolute atomic E-state index is 0. The standard InChI is InChI=1S/C23H30N4O4S2.ClH/c1-16-8-13-19(31-6)20-21(16)32-23(24-20)27(15-7-14-25(2)3)22(28)17-9-11-18(12-10-17)33(29,30)26(4)5;/h8-13H,7,14-15H2,1-6H3;1H/p-1. The smallest absolute Gasteiger partial charge is 0.260 e. The molecule has 0 unspecified atom stereocenters. The van der Waals surface area contributed by atoms with Gasteiger partial charge in [-0.05, 0) is 69.9 Å². The van der Waals surface area contributed by atoms with Crippen LogP contribution < -0.4 is 22.0 Å². The van der Waals surface area contributed by atoms with Crippen molar-refractivity contribution in [2.45, 2.75) is 18.2 Å². The van der Waals surface area contributed by atoms with E-state index in [0.717, 1.165) is 33.1 Å². The molecule has 11 heteroatoms. The van der Waals surface area contributed by atoms with E-state index >= 15 is 0 Å². The highest BCUT2D eigenvalue weighted by Gasteiger charge is 2.24. The zero-order chi connectivity index (χ0) is 24.3. The van der Waals surface area contributed by atoms with E-state index in [1.165, 1.54) is 37.6 Å². The number of carbonyl (C=O) groups excluding carboxylic acids is 1. The van der Waals surface area contributed by atoms with Crippen LogP contribution in [0.15, 0.2) is 41.3 Å². The largest absolute Gasteiger partial charge is 1.00 e. The molecule has 0 fully saturated rings. The predicted octanol–water partition coefficient (Wildman–Crippen LogP) is 0.466. The van der Waals surface area contributed by atoms with Crippen LogP contribution in [0.5, 0.6) is 5.75 Å². The average molecular weight is 526 g/mol. The Morgan fingerprint density at radius 2 is 1.68 bits per heavy atom. The number of aromatic nitrogens is 1. The zero-order valence-corrected chi connectivity index (χ0v) is 22.6. The van der Waals surface area contributed by atoms with E-state index in [1.54, 1.807) is 24.1 Å². The molecule has 0 saturated carbocycles. The highest BCUT2D eigenvalue weighted by atomic mass is 35.5. The maximum Gasteiger partial charge on any atom is 0.260 e. The molecule has 1 aromatic heterocycles. The Morgan fingerprint density at radius 3 is 2.24 bits per heavy atom. The normalized spacial score (nSPS) is 11.6. The van der Waals surface area contributed by atoms with Crippen molar-refractivity contribution >= 4 is 42.6 Å². The lowest BCUT2D eigenvalue weighted by Crippen LogP contribution is -3.00. The molecule has 8 nitrogen and oxygen atoms in total. The van der Waals surface area contributed by atoms with Crippen LogP contribution in [0.4, 0.5) is 5.13 Å². The van der Waals surface area contributed by atoms with E-state index in [2.05, 4.69) is 4.90 Å². The summed E-state index contributed by atoms with van der Waals surface area (Å²) in [6, 6.07) is 9.89. The van der Waals surface area contributed by atoms with Gasteiger partial charge in [0.05, 0.1) is 16.7 Å². The van der Waals surface area contributed by atoms with Crippen molar-refractivity contribution in [3.05, 3.63) is 47.5 Å². The van der Waals surface area contributed by atoms with Crippen LogP contribution in [0.25, 0.3) is 10.2 Å². The lowest BCUT2D eigenvalue weighted by molar-refractivity contribution is -0.0000171. The minimum Gasteiger partial charge on any atom is -1.00 e. The third kappa shape index (κ3) is 5.87. The number of hydrogen-bond acceptors (Lipinski definition) is 7. The minimum atomic E-state index is -3.57. The van der Waals surface area contributed by atoms with Crippen LogP contribution in [-0.4, -0.2) is 76.9 Å². The molecule has 34 heavy (non-hydrogen) atoms. The fourth-order valence-corrected chi connectivity index (χ4v) is 5.32. The number of hydrogen-bond donors (Lipinski definition) is 0. The van der Waals surface area contributed by atoms with E-state index in [1.807, 2.05) is 33.2 Å². The molecule has 1 amide bonds. The van der Waals surface area contributed by atoms with Crippen LogP contribution in [0.3, 0.4) is 0 Å². The van der Waals surface area contributed by atoms with E-state index in [4.69, 9.17) is 9.72 Å². The summed E-state index contributed by atoms with van der Waals surface area (Å²) in [7, 11) is 4.97. The van der Waals surface area contributed by atoms with Crippen molar-refractivity contribution in [1.29, 1.82) is 0 Å². The second kappa shape index (κ2) is 11.5. The summed E-state index contributed by atoms with van der Waals surface area (Å²) in [5.41, 5.74) is 2.20. The number of nitrogens with zero attached hydrogens (tertiary/aromatic N) is 4. The Bertz CT molecular complexity index is 1240. The number of sulfonamides is 1. The van der Waals surface area contributed by atoms with Crippen LogP contribution in [0, 0.1) is 6.92 Å². The molecule has 0 aliphatic rings. The number of methoxy groups -OCH3 is 1. The van der Waals surface area contributed by atoms with Gasteiger partial charge in [-0.15, -0.1) is 0 Å². The topological polar surface area (TPSA) is 83.0 Å². The van der Waals surface area contributed by atoms with Gasteiger partial charge in [-0.1, -0.05) is 17.4 Å². The first kappa shape index (κ1) is 28.0. The number of halogens is 1. The molecule has 0 atom stereocenters. The quantitative estimate of drug-likeness (QED) is 0.404. The van der Waals surface area contributed by atoms with Gasteiger partial charge < -0.3 is 22.0 Å². The second-order valence-electron chi connectivity index (χ2n) is 8.18. The Kier molecular flexibility index (Phi) is 9.44. The molecular formula is C23H30ClN4O4S2-. The third-order valence-corrected chi connectivity index (χ3v) is 8.30. The highest BCUT2D eigenvalue weighted by molar-refractivity contribution is 7.89. The predicted molar refractivity (Wildman–Crippen MR) is 133 cm³/mol. The van der Waals surface area contributed by atoms with E-state index in [0.29, 0.717) is 23.0 Å². The number of amides is 1. The van der Waals surface area contributed by atoms with E-state index in [9.17, 15) is 13.2 Å². The number of ether oxygens (including phenoxy) is 1. The van der Waals surface area contributed by atoms with Gasteiger partial charge in [0, 0.05) is 26.2 Å². The van der Waals surface area contributed by atoms with E-state index < -0.39 is 10.0 Å². The molecule has 2 aromatic carbocycles. The molecule has 1 heterocycles. The van der Waals surface area contributed by atoms with Gasteiger partial charge in [0.25, 0.3) is 5.91 Å². The number of carbonyl (C=O) groups is 1. The Balaban J connectivity index is 0.00000408. The maximum atomic E-state index is 13.5. The summed E-state index contributed by atoms with van der Waals surface area (Å²) in [5, 5.41) is 0.589. The van der Waals surface area contributed by atoms with Crippen molar-refractivity contribution in [2.75, 3.05) is 53.3 Å². The number of fused-ring (bicyclic) bond motifs is 1. The summed E-state index contributed by atoms with van der Waals surface area (Å²) >= 11 is 1.45. The fraction of sp³-hybridized carbons (Fsp3) is 0.391. The van der Waals surface area contributed by atoms with Crippen LogP contribution in [0.1, 0.15) is 22.3 Å². The first-order valence-electron chi connectivity index (χ1n) is 10.5. The molecular weight excluding hydrogens is 496 g/mol. The Hall–Kier alpha value is -2.24. The van der Waals surface area contributed by atoms with Crippen LogP contribution in [-0.2, 0) is 10.0 Å². The number of benzene rings is 2. The first-order valence-corrected chi connectivity index (χ1v) is 12.7. The number of anilines is 1. The Morgan fingerprint density at radius 1 is 1.03 bits per heavy atom. The van der Waals surface area contributed by atoms with Gasteiger partial charge in [0.15, 0.2) is 5.13 Å². The summed E-state index contributed by atoms with van der Waals surface area (Å²) in [6.45, 7) is 3.30. The first-order chi connectivity index (χ1) is 15.6. The monoisotopic (exact) mass is 525 g/mol. The number of thiazole rings is 1. The van der Waals surface area contributed by atoms with Crippen molar-refractivity contribution in [2.24, 2.45) is 0 Å².